The lowest BCUT2D eigenvalue weighted by Gasteiger charge is -2.45. The molecule has 6 aromatic carbocycles. The normalized spacial score (nSPS) is 14.2. The number of hydrogen-bond acceptors (Lipinski definition) is 2. The molecule has 240 valence electrons. The molecule has 0 heterocycles. The van der Waals surface area contributed by atoms with Crippen molar-refractivity contribution < 1.29 is 0 Å². The third kappa shape index (κ3) is 5.11. The van der Waals surface area contributed by atoms with Crippen LogP contribution in [0, 0.1) is 27.7 Å². The van der Waals surface area contributed by atoms with E-state index >= 15 is 0 Å². The van der Waals surface area contributed by atoms with Crippen LogP contribution in [0.5, 0.6) is 0 Å². The summed E-state index contributed by atoms with van der Waals surface area (Å²) in [6.07, 6.45) is 0. The molecule has 1 aliphatic rings. The Morgan fingerprint density at radius 3 is 0.875 bits per heavy atom. The molecule has 1 aliphatic carbocycles. The summed E-state index contributed by atoms with van der Waals surface area (Å²) in [6, 6.07) is 49.2. The zero-order valence-electron chi connectivity index (χ0n) is 29.6. The van der Waals surface area contributed by atoms with E-state index < -0.39 is 0 Å². The van der Waals surface area contributed by atoms with Gasteiger partial charge in [-0.05, 0) is 121 Å². The highest BCUT2D eigenvalue weighted by atomic mass is 15.2. The van der Waals surface area contributed by atoms with Gasteiger partial charge < -0.3 is 9.80 Å². The maximum Gasteiger partial charge on any atom is 0.0490 e. The van der Waals surface area contributed by atoms with Crippen molar-refractivity contribution in [3.63, 3.8) is 0 Å². The van der Waals surface area contributed by atoms with Crippen LogP contribution in [0.3, 0.4) is 0 Å². The van der Waals surface area contributed by atoms with Gasteiger partial charge in [0, 0.05) is 45.0 Å². The molecule has 0 aromatic heterocycles. The van der Waals surface area contributed by atoms with Crippen molar-refractivity contribution in [3.8, 4) is 0 Å². The van der Waals surface area contributed by atoms with Crippen molar-refractivity contribution in [1.29, 1.82) is 0 Å². The first-order valence-corrected chi connectivity index (χ1v) is 17.1. The Kier molecular flexibility index (Phi) is 7.79. The number of benzene rings is 6. The SMILES string of the molecule is Cc1ccccc1N(c1ccc2c(c1)C(C)(C)c1ccc(N(c3ccccc3C)c3ccccc3C)cc1C2(C)C)c1ccccc1C. The molecule has 0 saturated heterocycles. The summed E-state index contributed by atoms with van der Waals surface area (Å²) >= 11 is 0. The van der Waals surface area contributed by atoms with Crippen LogP contribution in [0.2, 0.25) is 0 Å². The lowest BCUT2D eigenvalue weighted by Crippen LogP contribution is -2.37. The topological polar surface area (TPSA) is 6.48 Å². The average molecular weight is 627 g/mol. The fourth-order valence-electron chi connectivity index (χ4n) is 7.83. The van der Waals surface area contributed by atoms with Gasteiger partial charge in [-0.2, -0.15) is 0 Å². The van der Waals surface area contributed by atoms with E-state index in [1.807, 2.05) is 0 Å². The smallest absolute Gasteiger partial charge is 0.0490 e. The van der Waals surface area contributed by atoms with Crippen molar-refractivity contribution in [2.75, 3.05) is 9.80 Å². The highest BCUT2D eigenvalue weighted by molar-refractivity contribution is 5.83. The maximum atomic E-state index is 2.46. The van der Waals surface area contributed by atoms with Gasteiger partial charge in [0.15, 0.2) is 0 Å². The van der Waals surface area contributed by atoms with Gasteiger partial charge in [0.2, 0.25) is 0 Å². The summed E-state index contributed by atoms with van der Waals surface area (Å²) < 4.78 is 0. The minimum absolute atomic E-state index is 0.200. The van der Waals surface area contributed by atoms with Crippen molar-refractivity contribution in [1.82, 2.24) is 0 Å². The molecule has 0 aliphatic heterocycles. The summed E-state index contributed by atoms with van der Waals surface area (Å²) in [4.78, 5) is 4.88. The van der Waals surface area contributed by atoms with Crippen molar-refractivity contribution in [2.45, 2.75) is 66.2 Å². The van der Waals surface area contributed by atoms with Crippen molar-refractivity contribution in [2.24, 2.45) is 0 Å². The van der Waals surface area contributed by atoms with E-state index in [4.69, 9.17) is 0 Å². The summed E-state index contributed by atoms with van der Waals surface area (Å²) in [5.74, 6) is 0. The molecule has 0 unspecified atom stereocenters. The van der Waals surface area contributed by atoms with E-state index in [9.17, 15) is 0 Å². The van der Waals surface area contributed by atoms with Gasteiger partial charge in [0.25, 0.3) is 0 Å². The standard InChI is InChI=1S/C46H46N2/c1-31-17-9-13-21-41(31)47(42-22-14-10-18-32(42)2)35-25-27-37-39(29-35)45(5,6)38-28-26-36(30-40(38)46(37,7)8)48(43-23-15-11-19-33(43)3)44-24-16-12-20-34(44)4/h9-30H,1-8H3. The fraction of sp³-hybridized carbons (Fsp3) is 0.217. The van der Waals surface area contributed by atoms with Crippen LogP contribution < -0.4 is 9.80 Å². The second-order valence-electron chi connectivity index (χ2n) is 14.5. The van der Waals surface area contributed by atoms with Gasteiger partial charge in [-0.25, -0.2) is 0 Å². The van der Waals surface area contributed by atoms with Gasteiger partial charge in [-0.3, -0.25) is 0 Å². The molecule has 0 saturated carbocycles. The predicted molar refractivity (Wildman–Crippen MR) is 205 cm³/mol. The van der Waals surface area contributed by atoms with Crippen LogP contribution in [0.15, 0.2) is 133 Å². The first-order chi connectivity index (χ1) is 23.0. The molecule has 0 fully saturated rings. The molecule has 0 bridgehead atoms. The molecule has 0 N–H and O–H groups in total. The number of nitrogens with zero attached hydrogens (tertiary/aromatic N) is 2. The summed E-state index contributed by atoms with van der Waals surface area (Å²) in [5.41, 5.74) is 17.3. The Morgan fingerprint density at radius 1 is 0.333 bits per heavy atom. The van der Waals surface area contributed by atoms with Gasteiger partial charge >= 0.3 is 0 Å². The van der Waals surface area contributed by atoms with E-state index in [-0.39, 0.29) is 10.8 Å². The summed E-state index contributed by atoms with van der Waals surface area (Å²) in [5, 5.41) is 0. The van der Waals surface area contributed by atoms with Gasteiger partial charge in [-0.15, -0.1) is 0 Å². The van der Waals surface area contributed by atoms with E-state index in [0.29, 0.717) is 0 Å². The average Bonchev–Trinajstić information content (AvgIpc) is 3.07. The number of aryl methyl sites for hydroxylation is 4. The van der Waals surface area contributed by atoms with Gasteiger partial charge in [0.1, 0.15) is 0 Å². The zero-order valence-corrected chi connectivity index (χ0v) is 29.6. The van der Waals surface area contributed by atoms with Crippen LogP contribution >= 0.6 is 0 Å². The Bertz CT molecular complexity index is 1910. The molecular weight excluding hydrogens is 581 g/mol. The lowest BCUT2D eigenvalue weighted by molar-refractivity contribution is 0.521. The van der Waals surface area contributed by atoms with Crippen LogP contribution in [-0.2, 0) is 10.8 Å². The molecule has 0 radical (unpaired) electrons. The Balaban J connectivity index is 1.40. The largest absolute Gasteiger partial charge is 0.310 e. The second kappa shape index (κ2) is 11.9. The molecule has 0 spiro atoms. The number of rotatable bonds is 6. The number of fused-ring (bicyclic) bond motifs is 2. The first kappa shape index (κ1) is 31.5. The van der Waals surface area contributed by atoms with Crippen molar-refractivity contribution >= 4 is 34.1 Å². The summed E-state index contributed by atoms with van der Waals surface area (Å²) in [6.45, 7) is 18.4. The Hall–Kier alpha value is -5.08. The van der Waals surface area contributed by atoms with E-state index in [1.54, 1.807) is 0 Å². The lowest BCUT2D eigenvalue weighted by atomic mass is 9.60. The van der Waals surface area contributed by atoms with Crippen LogP contribution in [0.1, 0.15) is 72.2 Å². The van der Waals surface area contributed by atoms with Crippen LogP contribution in [0.25, 0.3) is 0 Å². The predicted octanol–water partition coefficient (Wildman–Crippen LogP) is 12.8. The van der Waals surface area contributed by atoms with Crippen LogP contribution in [0.4, 0.5) is 34.1 Å². The quantitative estimate of drug-likeness (QED) is 0.181. The number of para-hydroxylation sites is 4. The molecule has 48 heavy (non-hydrogen) atoms. The second-order valence-corrected chi connectivity index (χ2v) is 14.5. The summed E-state index contributed by atoms with van der Waals surface area (Å²) in [7, 11) is 0. The molecule has 7 rings (SSSR count). The van der Waals surface area contributed by atoms with E-state index in [0.717, 1.165) is 0 Å². The molecule has 2 nitrogen and oxygen atoms in total. The Morgan fingerprint density at radius 2 is 0.604 bits per heavy atom. The first-order valence-electron chi connectivity index (χ1n) is 17.1. The minimum atomic E-state index is -0.200. The molecular formula is C46H46N2. The third-order valence-electron chi connectivity index (χ3n) is 10.6. The van der Waals surface area contributed by atoms with Crippen molar-refractivity contribution in [3.05, 3.63) is 178 Å². The minimum Gasteiger partial charge on any atom is -0.310 e. The molecule has 2 heteroatoms. The number of hydrogen-bond donors (Lipinski definition) is 0. The van der Waals surface area contributed by atoms with E-state index in [2.05, 4.69) is 199 Å². The monoisotopic (exact) mass is 626 g/mol. The highest BCUT2D eigenvalue weighted by Gasteiger charge is 2.42. The number of anilines is 6. The van der Waals surface area contributed by atoms with E-state index in [1.165, 1.54) is 78.6 Å². The highest BCUT2D eigenvalue weighted by Crippen LogP contribution is 2.53. The zero-order chi connectivity index (χ0) is 33.8. The molecule has 6 aromatic rings. The maximum absolute atomic E-state index is 2.46. The Labute approximate surface area is 287 Å². The van der Waals surface area contributed by atoms with Gasteiger partial charge in [0.05, 0.1) is 0 Å². The third-order valence-corrected chi connectivity index (χ3v) is 10.6. The van der Waals surface area contributed by atoms with Crippen LogP contribution in [-0.4, -0.2) is 0 Å². The molecule has 0 atom stereocenters. The molecule has 0 amide bonds. The van der Waals surface area contributed by atoms with Gasteiger partial charge in [-0.1, -0.05) is 113 Å². The fourth-order valence-corrected chi connectivity index (χ4v) is 7.83.